The zero-order chi connectivity index (χ0) is 30.0. The second-order valence-corrected chi connectivity index (χ2v) is 11.9. The number of halogens is 3. The maximum absolute atomic E-state index is 12.3. The Labute approximate surface area is 260 Å². The highest BCUT2D eigenvalue weighted by atomic mass is 35.6. The topological polar surface area (TPSA) is 96.3 Å². The molecule has 3 aromatic carbocycles. The van der Waals surface area contributed by atoms with Crippen LogP contribution in [0.25, 0.3) is 0 Å². The summed E-state index contributed by atoms with van der Waals surface area (Å²) in [6.07, 6.45) is -5.01. The van der Waals surface area contributed by atoms with Gasteiger partial charge in [0.2, 0.25) is 12.2 Å². The molecule has 0 aliphatic carbocycles. The zero-order valence-electron chi connectivity index (χ0n) is 22.9. The molecule has 0 unspecified atom stereocenters. The van der Waals surface area contributed by atoms with Crippen molar-refractivity contribution in [2.24, 2.45) is 0 Å². The van der Waals surface area contributed by atoms with Crippen LogP contribution in [0, 0.1) is 5.41 Å². The van der Waals surface area contributed by atoms with Crippen LogP contribution in [0.15, 0.2) is 91.0 Å². The Morgan fingerprint density at radius 3 is 1.69 bits per heavy atom. The molecule has 5 atom stereocenters. The van der Waals surface area contributed by atoms with Crippen LogP contribution in [0.5, 0.6) is 0 Å². The standard InChI is InChI=1S/C31H32Cl3NO7/c1-21(36)40-28-27(39-19-24-15-9-4-10-16-24)26(38-18-23-13-7-3-8-14-23)25(20-37-17-22-11-5-2-6-12-22)41-29(28)42-30(35)31(32,33)34/h2-16,25-29,35H,17-20H2,1H3/t25-,26-,27+,28-,29-/m1/s1. The Morgan fingerprint density at radius 2 is 1.21 bits per heavy atom. The van der Waals surface area contributed by atoms with Gasteiger partial charge >= 0.3 is 5.97 Å². The van der Waals surface area contributed by atoms with Crippen molar-refractivity contribution in [3.8, 4) is 0 Å². The number of alkyl halides is 3. The SMILES string of the molecule is CC(=O)O[C@H]1[C@@H](OC(=N)C(Cl)(Cl)Cl)O[C@H](COCc2ccccc2)[C@@H](OCc2ccccc2)[C@@H]1OCc1ccccc1. The number of rotatable bonds is 12. The molecule has 1 aliphatic heterocycles. The molecule has 1 aliphatic rings. The zero-order valence-corrected chi connectivity index (χ0v) is 25.1. The molecule has 1 N–H and O–H groups in total. The lowest BCUT2D eigenvalue weighted by molar-refractivity contribution is -0.305. The maximum atomic E-state index is 12.3. The fourth-order valence-electron chi connectivity index (χ4n) is 4.40. The van der Waals surface area contributed by atoms with Crippen molar-refractivity contribution in [3.05, 3.63) is 108 Å². The van der Waals surface area contributed by atoms with Gasteiger partial charge in [0.15, 0.2) is 6.10 Å². The molecular weight excluding hydrogens is 605 g/mol. The predicted molar refractivity (Wildman–Crippen MR) is 159 cm³/mol. The molecule has 1 saturated heterocycles. The van der Waals surface area contributed by atoms with Crippen LogP contribution in [-0.4, -0.2) is 53.0 Å². The van der Waals surface area contributed by atoms with Crippen LogP contribution in [0.2, 0.25) is 0 Å². The van der Waals surface area contributed by atoms with E-state index >= 15 is 0 Å². The number of carbonyl (C=O) groups is 1. The second-order valence-electron chi connectivity index (χ2n) is 9.58. The van der Waals surface area contributed by atoms with Crippen molar-refractivity contribution in [1.82, 2.24) is 0 Å². The highest BCUT2D eigenvalue weighted by Crippen LogP contribution is 2.34. The van der Waals surface area contributed by atoms with E-state index in [-0.39, 0.29) is 19.8 Å². The fraction of sp³-hybridized carbons (Fsp3) is 0.355. The molecule has 224 valence electrons. The number of nitrogens with one attached hydrogen (secondary N) is 1. The fourth-order valence-corrected chi connectivity index (χ4v) is 4.53. The smallest absolute Gasteiger partial charge is 0.303 e. The Hall–Kier alpha value is -2.69. The summed E-state index contributed by atoms with van der Waals surface area (Å²) in [4.78, 5) is 12.3. The van der Waals surface area contributed by atoms with Gasteiger partial charge in [0.25, 0.3) is 3.79 Å². The number of hydrogen-bond acceptors (Lipinski definition) is 8. The average molecular weight is 637 g/mol. The Kier molecular flexibility index (Phi) is 12.0. The van der Waals surface area contributed by atoms with Crippen LogP contribution < -0.4 is 0 Å². The summed E-state index contributed by atoms with van der Waals surface area (Å²) in [6.45, 7) is 2.01. The van der Waals surface area contributed by atoms with Crippen molar-refractivity contribution in [3.63, 3.8) is 0 Å². The molecule has 0 bridgehead atoms. The highest BCUT2D eigenvalue weighted by molar-refractivity contribution is 6.76. The predicted octanol–water partition coefficient (Wildman–Crippen LogP) is 6.39. The van der Waals surface area contributed by atoms with Crippen molar-refractivity contribution >= 4 is 46.7 Å². The number of benzene rings is 3. The summed E-state index contributed by atoms with van der Waals surface area (Å²) in [5, 5.41) is 8.17. The van der Waals surface area contributed by atoms with E-state index in [1.165, 1.54) is 6.92 Å². The minimum atomic E-state index is -2.18. The maximum Gasteiger partial charge on any atom is 0.303 e. The minimum absolute atomic E-state index is 0.0628. The molecule has 42 heavy (non-hydrogen) atoms. The van der Waals surface area contributed by atoms with Crippen LogP contribution >= 0.6 is 34.8 Å². The van der Waals surface area contributed by atoms with E-state index in [0.29, 0.717) is 6.61 Å². The Bertz CT molecular complexity index is 1260. The van der Waals surface area contributed by atoms with Gasteiger partial charge in [-0.05, 0) is 16.7 Å². The lowest BCUT2D eigenvalue weighted by Gasteiger charge is -2.45. The highest BCUT2D eigenvalue weighted by Gasteiger charge is 2.52. The third-order valence-corrected chi connectivity index (χ3v) is 6.86. The van der Waals surface area contributed by atoms with Crippen molar-refractivity contribution in [2.75, 3.05) is 6.61 Å². The summed E-state index contributed by atoms with van der Waals surface area (Å²) >= 11 is 17.7. The molecule has 11 heteroatoms. The Morgan fingerprint density at radius 1 is 0.738 bits per heavy atom. The van der Waals surface area contributed by atoms with E-state index in [9.17, 15) is 4.79 Å². The third kappa shape index (κ3) is 9.67. The summed E-state index contributed by atoms with van der Waals surface area (Å²) in [5.41, 5.74) is 2.77. The van der Waals surface area contributed by atoms with Gasteiger partial charge in [-0.3, -0.25) is 10.2 Å². The number of esters is 1. The molecule has 0 spiro atoms. The Balaban J connectivity index is 1.64. The number of hydrogen-bond donors (Lipinski definition) is 1. The molecule has 4 rings (SSSR count). The first-order valence-corrected chi connectivity index (χ1v) is 14.4. The van der Waals surface area contributed by atoms with Gasteiger partial charge in [-0.25, -0.2) is 0 Å². The lowest BCUT2D eigenvalue weighted by Crippen LogP contribution is -2.62. The number of ether oxygens (including phenoxy) is 6. The third-order valence-electron chi connectivity index (χ3n) is 6.35. The van der Waals surface area contributed by atoms with E-state index in [4.69, 9.17) is 68.6 Å². The molecule has 0 aromatic heterocycles. The van der Waals surface area contributed by atoms with Crippen molar-refractivity contribution < 1.29 is 33.2 Å². The normalized spacial score (nSPS) is 22.3. The first-order valence-electron chi connectivity index (χ1n) is 13.3. The molecule has 8 nitrogen and oxygen atoms in total. The molecule has 1 heterocycles. The first kappa shape index (κ1) is 32.2. The summed E-state index contributed by atoms with van der Waals surface area (Å²) in [5.74, 6) is -1.32. The van der Waals surface area contributed by atoms with E-state index < -0.39 is 46.4 Å². The van der Waals surface area contributed by atoms with Gasteiger partial charge in [0.05, 0.1) is 26.4 Å². The van der Waals surface area contributed by atoms with Crippen LogP contribution in [0.3, 0.4) is 0 Å². The van der Waals surface area contributed by atoms with Crippen molar-refractivity contribution in [1.29, 1.82) is 5.41 Å². The van der Waals surface area contributed by atoms with E-state index in [1.807, 2.05) is 91.0 Å². The van der Waals surface area contributed by atoms with Gasteiger partial charge in [0, 0.05) is 6.92 Å². The quantitative estimate of drug-likeness (QED) is 0.106. The molecule has 3 aromatic rings. The summed E-state index contributed by atoms with van der Waals surface area (Å²) < 4.78 is 34.2. The average Bonchev–Trinajstić information content (AvgIpc) is 2.97. The number of carbonyl (C=O) groups excluding carboxylic acids is 1. The van der Waals surface area contributed by atoms with Gasteiger partial charge < -0.3 is 28.4 Å². The monoisotopic (exact) mass is 635 g/mol. The minimum Gasteiger partial charge on any atom is -0.453 e. The van der Waals surface area contributed by atoms with Crippen LogP contribution in [0.4, 0.5) is 0 Å². The van der Waals surface area contributed by atoms with E-state index in [0.717, 1.165) is 16.7 Å². The molecule has 0 amide bonds. The first-order chi connectivity index (χ1) is 20.2. The van der Waals surface area contributed by atoms with Crippen LogP contribution in [0.1, 0.15) is 23.6 Å². The molecule has 0 radical (unpaired) electrons. The van der Waals surface area contributed by atoms with Gasteiger partial charge in [-0.1, -0.05) is 126 Å². The lowest BCUT2D eigenvalue weighted by atomic mass is 9.98. The van der Waals surface area contributed by atoms with Gasteiger partial charge in [0.1, 0.15) is 18.3 Å². The molecule has 0 saturated carbocycles. The summed E-state index contributed by atoms with van der Waals surface area (Å²) in [6, 6.07) is 28.8. The van der Waals surface area contributed by atoms with Crippen molar-refractivity contribution in [2.45, 2.75) is 61.2 Å². The van der Waals surface area contributed by atoms with Gasteiger partial charge in [-0.2, -0.15) is 0 Å². The molecular formula is C31H32Cl3NO7. The van der Waals surface area contributed by atoms with Gasteiger partial charge in [-0.15, -0.1) is 0 Å². The molecule has 1 fully saturated rings. The van der Waals surface area contributed by atoms with E-state index in [2.05, 4.69) is 0 Å². The largest absolute Gasteiger partial charge is 0.453 e. The van der Waals surface area contributed by atoms with Crippen LogP contribution in [-0.2, 0) is 53.0 Å². The van der Waals surface area contributed by atoms with E-state index in [1.54, 1.807) is 0 Å². The second kappa shape index (κ2) is 15.7. The summed E-state index contributed by atoms with van der Waals surface area (Å²) in [7, 11) is 0.